The zero-order chi connectivity index (χ0) is 13.6. The predicted molar refractivity (Wildman–Crippen MR) is 69.9 cm³/mol. The van der Waals surface area contributed by atoms with E-state index in [1.54, 1.807) is 27.7 Å². The highest BCUT2D eigenvalue weighted by Crippen LogP contribution is 2.32. The standard InChI is InChI=1S/C12H25O4P/c1-8(2)15-11(6)17(14)7-10(5)12(13)16-9(3)4/h8-11,17H,7H2,1-6H3. The lowest BCUT2D eigenvalue weighted by atomic mass is 10.2. The molecule has 0 bridgehead atoms. The van der Waals surface area contributed by atoms with Gasteiger partial charge in [0.05, 0.1) is 18.1 Å². The van der Waals surface area contributed by atoms with Crippen molar-refractivity contribution in [3.63, 3.8) is 0 Å². The third-order valence-electron chi connectivity index (χ3n) is 2.19. The molecule has 0 aromatic rings. The largest absolute Gasteiger partial charge is 0.463 e. The second-order valence-electron chi connectivity index (χ2n) is 4.88. The van der Waals surface area contributed by atoms with Crippen LogP contribution in [0.1, 0.15) is 41.5 Å². The molecule has 4 nitrogen and oxygen atoms in total. The Hall–Kier alpha value is -0.340. The van der Waals surface area contributed by atoms with Gasteiger partial charge in [-0.15, -0.1) is 0 Å². The van der Waals surface area contributed by atoms with Gasteiger partial charge in [-0.25, -0.2) is 0 Å². The topological polar surface area (TPSA) is 52.6 Å². The number of carbonyl (C=O) groups is 1. The molecule has 0 spiro atoms. The number of hydrogen-bond acceptors (Lipinski definition) is 4. The van der Waals surface area contributed by atoms with Crippen LogP contribution in [-0.2, 0) is 18.8 Å². The molecule has 3 unspecified atom stereocenters. The summed E-state index contributed by atoms with van der Waals surface area (Å²) in [6.07, 6.45) is 0.276. The molecule has 0 aromatic carbocycles. The Balaban J connectivity index is 4.15. The number of rotatable bonds is 7. The highest BCUT2D eigenvalue weighted by molar-refractivity contribution is 7.45. The fourth-order valence-corrected chi connectivity index (χ4v) is 2.91. The maximum Gasteiger partial charge on any atom is 0.309 e. The van der Waals surface area contributed by atoms with Crippen LogP contribution in [0.5, 0.6) is 0 Å². The third kappa shape index (κ3) is 7.56. The van der Waals surface area contributed by atoms with Gasteiger partial charge in [-0.2, -0.15) is 0 Å². The first-order chi connectivity index (χ1) is 7.73. The Morgan fingerprint density at radius 3 is 2.00 bits per heavy atom. The minimum absolute atomic E-state index is 0.0527. The van der Waals surface area contributed by atoms with Crippen molar-refractivity contribution in [3.05, 3.63) is 0 Å². The molecule has 0 aliphatic rings. The molecule has 0 saturated heterocycles. The molecule has 102 valence electrons. The van der Waals surface area contributed by atoms with E-state index in [1.165, 1.54) is 0 Å². The van der Waals surface area contributed by atoms with Crippen molar-refractivity contribution in [2.24, 2.45) is 5.92 Å². The zero-order valence-electron chi connectivity index (χ0n) is 11.6. The Kier molecular flexibility index (Phi) is 7.73. The summed E-state index contributed by atoms with van der Waals surface area (Å²) < 4.78 is 22.5. The molecule has 5 heteroatoms. The van der Waals surface area contributed by atoms with Gasteiger partial charge in [0.2, 0.25) is 0 Å². The minimum Gasteiger partial charge on any atom is -0.463 e. The van der Waals surface area contributed by atoms with E-state index in [-0.39, 0.29) is 29.9 Å². The smallest absolute Gasteiger partial charge is 0.309 e. The van der Waals surface area contributed by atoms with Crippen LogP contribution in [0.25, 0.3) is 0 Å². The molecule has 0 amide bonds. The molecular weight excluding hydrogens is 239 g/mol. The predicted octanol–water partition coefficient (Wildman–Crippen LogP) is 2.90. The Bertz CT molecular complexity index is 263. The van der Waals surface area contributed by atoms with E-state index in [4.69, 9.17) is 9.47 Å². The van der Waals surface area contributed by atoms with E-state index >= 15 is 0 Å². The SMILES string of the molecule is CC(C)OC(=O)C(C)C[PH](=O)C(C)OC(C)C. The van der Waals surface area contributed by atoms with E-state index in [9.17, 15) is 9.36 Å². The molecule has 0 rings (SSSR count). The van der Waals surface area contributed by atoms with Crippen LogP contribution in [0.3, 0.4) is 0 Å². The molecule has 0 aromatic heterocycles. The van der Waals surface area contributed by atoms with Crippen molar-refractivity contribution in [3.8, 4) is 0 Å². The highest BCUT2D eigenvalue weighted by Gasteiger charge is 2.22. The molecule has 0 heterocycles. The molecule has 0 saturated carbocycles. The van der Waals surface area contributed by atoms with Crippen LogP contribution in [-0.4, -0.2) is 30.2 Å². The molecule has 0 aliphatic carbocycles. The summed E-state index contributed by atoms with van der Waals surface area (Å²) in [5.41, 5.74) is 0. The van der Waals surface area contributed by atoms with E-state index < -0.39 is 7.80 Å². The average Bonchev–Trinajstić information content (AvgIpc) is 2.15. The highest BCUT2D eigenvalue weighted by atomic mass is 31.1. The second kappa shape index (κ2) is 7.88. The summed E-state index contributed by atoms with van der Waals surface area (Å²) in [5, 5.41) is 0. The minimum atomic E-state index is -1.91. The Morgan fingerprint density at radius 1 is 1.06 bits per heavy atom. The first-order valence-electron chi connectivity index (χ1n) is 6.12. The van der Waals surface area contributed by atoms with Gasteiger partial charge < -0.3 is 14.0 Å². The lowest BCUT2D eigenvalue weighted by Crippen LogP contribution is -2.22. The maximum atomic E-state index is 11.9. The van der Waals surface area contributed by atoms with Gasteiger partial charge in [-0.3, -0.25) is 4.79 Å². The van der Waals surface area contributed by atoms with Gasteiger partial charge in [0, 0.05) is 6.16 Å². The second-order valence-corrected chi connectivity index (χ2v) is 7.04. The van der Waals surface area contributed by atoms with Crippen molar-refractivity contribution in [2.75, 3.05) is 6.16 Å². The Labute approximate surface area is 105 Å². The van der Waals surface area contributed by atoms with Crippen LogP contribution in [0, 0.1) is 5.92 Å². The van der Waals surface area contributed by atoms with Crippen molar-refractivity contribution in [2.45, 2.75) is 59.6 Å². The fraction of sp³-hybridized carbons (Fsp3) is 0.917. The molecule has 0 radical (unpaired) electrons. The first kappa shape index (κ1) is 16.7. The van der Waals surface area contributed by atoms with E-state index in [1.807, 2.05) is 13.8 Å². The molecule has 0 fully saturated rings. The summed E-state index contributed by atoms with van der Waals surface area (Å²) in [5.74, 6) is -0.897. The van der Waals surface area contributed by atoms with Crippen LogP contribution in [0.4, 0.5) is 0 Å². The molecule has 17 heavy (non-hydrogen) atoms. The van der Waals surface area contributed by atoms with Gasteiger partial charge >= 0.3 is 5.97 Å². The number of esters is 1. The summed E-state index contributed by atoms with van der Waals surface area (Å²) in [6.45, 7) is 11.0. The summed E-state index contributed by atoms with van der Waals surface area (Å²) >= 11 is 0. The quantitative estimate of drug-likeness (QED) is 0.524. The van der Waals surface area contributed by atoms with Crippen molar-refractivity contribution < 1.29 is 18.8 Å². The number of ether oxygens (including phenoxy) is 2. The van der Waals surface area contributed by atoms with E-state index in [2.05, 4.69) is 0 Å². The van der Waals surface area contributed by atoms with E-state index in [0.717, 1.165) is 0 Å². The lowest BCUT2D eigenvalue weighted by molar-refractivity contribution is -0.150. The van der Waals surface area contributed by atoms with Gasteiger partial charge in [0.15, 0.2) is 0 Å². The van der Waals surface area contributed by atoms with E-state index in [0.29, 0.717) is 6.16 Å². The normalized spacial score (nSPS) is 16.9. The summed E-state index contributed by atoms with van der Waals surface area (Å²) in [6, 6.07) is 0. The third-order valence-corrected chi connectivity index (χ3v) is 4.25. The van der Waals surface area contributed by atoms with Crippen LogP contribution in [0.15, 0.2) is 0 Å². The van der Waals surface area contributed by atoms with Crippen LogP contribution < -0.4 is 0 Å². The van der Waals surface area contributed by atoms with Crippen molar-refractivity contribution >= 4 is 13.8 Å². The first-order valence-corrected chi connectivity index (χ1v) is 7.82. The van der Waals surface area contributed by atoms with Crippen LogP contribution in [0.2, 0.25) is 0 Å². The molecule has 0 aliphatic heterocycles. The lowest BCUT2D eigenvalue weighted by Gasteiger charge is -2.18. The Morgan fingerprint density at radius 2 is 1.59 bits per heavy atom. The number of hydrogen-bond donors (Lipinski definition) is 0. The van der Waals surface area contributed by atoms with Crippen molar-refractivity contribution in [1.82, 2.24) is 0 Å². The molecular formula is C12H25O4P. The van der Waals surface area contributed by atoms with Gasteiger partial charge in [-0.05, 0) is 34.6 Å². The van der Waals surface area contributed by atoms with Gasteiger partial charge in [0.1, 0.15) is 13.6 Å². The van der Waals surface area contributed by atoms with Crippen LogP contribution >= 0.6 is 7.80 Å². The van der Waals surface area contributed by atoms with Gasteiger partial charge in [-0.1, -0.05) is 6.92 Å². The van der Waals surface area contributed by atoms with Crippen molar-refractivity contribution in [1.29, 1.82) is 0 Å². The molecule has 0 N–H and O–H groups in total. The monoisotopic (exact) mass is 264 g/mol. The summed E-state index contributed by atoms with van der Waals surface area (Å²) in [7, 11) is -1.91. The van der Waals surface area contributed by atoms with Gasteiger partial charge in [0.25, 0.3) is 0 Å². The molecule has 3 atom stereocenters. The maximum absolute atomic E-state index is 11.9. The average molecular weight is 264 g/mol. The summed E-state index contributed by atoms with van der Waals surface area (Å²) in [4.78, 5) is 11.5. The zero-order valence-corrected chi connectivity index (χ0v) is 12.6. The fourth-order valence-electron chi connectivity index (χ4n) is 1.38. The number of carbonyl (C=O) groups excluding carboxylic acids is 1.